The van der Waals surface area contributed by atoms with Gasteiger partial charge < -0.3 is 16.8 Å². The number of carbonyl (C=O) groups is 2. The molecule has 0 aromatic heterocycles. The number of nitrogens with two attached hydrogens (primary N) is 2. The summed E-state index contributed by atoms with van der Waals surface area (Å²) in [6, 6.07) is -0.534. The number of nitrogens with one attached hydrogen (secondary N) is 1. The lowest BCUT2D eigenvalue weighted by molar-refractivity contribution is -0.127. The van der Waals surface area contributed by atoms with Crippen LogP contribution in [0.4, 0.5) is 0 Å². The van der Waals surface area contributed by atoms with E-state index in [0.29, 0.717) is 0 Å². The van der Waals surface area contributed by atoms with E-state index in [-0.39, 0.29) is 30.8 Å². The van der Waals surface area contributed by atoms with Crippen molar-refractivity contribution in [1.29, 1.82) is 0 Å². The molecule has 0 radical (unpaired) electrons. The zero-order valence-corrected chi connectivity index (χ0v) is 11.8. The van der Waals surface area contributed by atoms with Gasteiger partial charge >= 0.3 is 0 Å². The predicted octanol–water partition coefficient (Wildman–Crippen LogP) is 0.409. The molecule has 0 aromatic rings. The first-order valence-electron chi connectivity index (χ1n) is 5.55. The zero-order chi connectivity index (χ0) is 12.9. The van der Waals surface area contributed by atoms with Crippen molar-refractivity contribution in [2.45, 2.75) is 40.2 Å². The molecular weight excluding hydrogens is 242 g/mol. The Morgan fingerprint density at radius 1 is 1.35 bits per heavy atom. The Morgan fingerprint density at radius 2 is 1.82 bits per heavy atom. The van der Waals surface area contributed by atoms with E-state index in [9.17, 15) is 9.59 Å². The van der Waals surface area contributed by atoms with Crippen molar-refractivity contribution in [3.05, 3.63) is 0 Å². The molecule has 6 heteroatoms. The molecule has 0 fully saturated rings. The third-order valence-corrected chi connectivity index (χ3v) is 2.93. The quantitative estimate of drug-likeness (QED) is 0.649. The molecule has 2 atom stereocenters. The van der Waals surface area contributed by atoms with Crippen LogP contribution in [0.1, 0.15) is 34.1 Å². The van der Waals surface area contributed by atoms with Gasteiger partial charge in [-0.05, 0) is 19.8 Å². The van der Waals surface area contributed by atoms with Gasteiger partial charge in [0.05, 0.1) is 11.5 Å². The number of primary amides is 1. The van der Waals surface area contributed by atoms with Gasteiger partial charge in [-0.15, -0.1) is 12.4 Å². The van der Waals surface area contributed by atoms with E-state index in [1.54, 1.807) is 13.8 Å². The fourth-order valence-corrected chi connectivity index (χ4v) is 1.03. The van der Waals surface area contributed by atoms with Crippen molar-refractivity contribution in [3.8, 4) is 0 Å². The summed E-state index contributed by atoms with van der Waals surface area (Å²) in [5.41, 5.74) is 10.2. The largest absolute Gasteiger partial charge is 0.369 e. The van der Waals surface area contributed by atoms with Crippen LogP contribution in [0.5, 0.6) is 0 Å². The summed E-state index contributed by atoms with van der Waals surface area (Å²) in [5.74, 6) is -0.551. The van der Waals surface area contributed by atoms with Crippen molar-refractivity contribution >= 4 is 24.2 Å². The van der Waals surface area contributed by atoms with Crippen LogP contribution in [0.15, 0.2) is 0 Å². The van der Waals surface area contributed by atoms with Gasteiger partial charge in [-0.3, -0.25) is 9.59 Å². The van der Waals surface area contributed by atoms with Crippen molar-refractivity contribution < 1.29 is 9.59 Å². The molecule has 0 saturated carbocycles. The lowest BCUT2D eigenvalue weighted by Crippen LogP contribution is -2.49. The highest BCUT2D eigenvalue weighted by Crippen LogP contribution is 2.12. The molecule has 0 bridgehead atoms. The van der Waals surface area contributed by atoms with E-state index in [2.05, 4.69) is 5.32 Å². The summed E-state index contributed by atoms with van der Waals surface area (Å²) in [7, 11) is 0. The van der Waals surface area contributed by atoms with Crippen LogP contribution >= 0.6 is 12.4 Å². The molecule has 17 heavy (non-hydrogen) atoms. The molecular formula is C11H24ClN3O2. The monoisotopic (exact) mass is 265 g/mol. The Bertz CT molecular complexity index is 269. The van der Waals surface area contributed by atoms with E-state index in [4.69, 9.17) is 11.5 Å². The lowest BCUT2D eigenvalue weighted by Gasteiger charge is -2.23. The van der Waals surface area contributed by atoms with Crippen LogP contribution in [0.25, 0.3) is 0 Å². The van der Waals surface area contributed by atoms with Gasteiger partial charge in [-0.2, -0.15) is 0 Å². The highest BCUT2D eigenvalue weighted by atomic mass is 35.5. The van der Waals surface area contributed by atoms with Gasteiger partial charge in [0, 0.05) is 6.54 Å². The standard InChI is InChI=1S/C11H23N3O2.ClH/c1-5-7(2)8(12)9(15)14-6-11(3,4)10(13)16;/h7-8H,5-6,12H2,1-4H3,(H2,13,16)(H,14,15);1H. The third-order valence-electron chi connectivity index (χ3n) is 2.93. The van der Waals surface area contributed by atoms with Crippen LogP contribution < -0.4 is 16.8 Å². The van der Waals surface area contributed by atoms with Gasteiger partial charge in [0.25, 0.3) is 0 Å². The number of halogens is 1. The Kier molecular flexibility index (Phi) is 8.19. The average Bonchev–Trinajstić information content (AvgIpc) is 2.23. The maximum Gasteiger partial charge on any atom is 0.237 e. The van der Waals surface area contributed by atoms with Crippen LogP contribution in [0.2, 0.25) is 0 Å². The van der Waals surface area contributed by atoms with E-state index in [0.717, 1.165) is 6.42 Å². The molecule has 0 saturated heterocycles. The van der Waals surface area contributed by atoms with Crippen LogP contribution in [-0.2, 0) is 9.59 Å². The van der Waals surface area contributed by atoms with E-state index in [1.807, 2.05) is 13.8 Å². The van der Waals surface area contributed by atoms with Crippen LogP contribution in [0.3, 0.4) is 0 Å². The summed E-state index contributed by atoms with van der Waals surface area (Å²) in [6.45, 7) is 7.48. The highest BCUT2D eigenvalue weighted by Gasteiger charge is 2.27. The molecule has 0 rings (SSSR count). The van der Waals surface area contributed by atoms with Crippen LogP contribution in [0, 0.1) is 11.3 Å². The number of hydrogen-bond donors (Lipinski definition) is 3. The molecule has 0 heterocycles. The molecule has 2 unspecified atom stereocenters. The predicted molar refractivity (Wildman–Crippen MR) is 70.7 cm³/mol. The Balaban J connectivity index is 0. The molecule has 0 aliphatic rings. The van der Waals surface area contributed by atoms with Crippen LogP contribution in [-0.4, -0.2) is 24.4 Å². The minimum Gasteiger partial charge on any atom is -0.369 e. The first kappa shape index (κ1) is 18.6. The Morgan fingerprint density at radius 3 is 2.18 bits per heavy atom. The Hall–Kier alpha value is -0.810. The summed E-state index contributed by atoms with van der Waals surface area (Å²) in [6.07, 6.45) is 0.841. The second-order valence-electron chi connectivity index (χ2n) is 4.88. The molecule has 5 N–H and O–H groups in total. The second kappa shape index (κ2) is 7.50. The lowest BCUT2D eigenvalue weighted by atomic mass is 9.92. The van der Waals surface area contributed by atoms with E-state index >= 15 is 0 Å². The normalized spacial score (nSPS) is 14.4. The molecule has 0 aliphatic carbocycles. The van der Waals surface area contributed by atoms with Gasteiger partial charge in [0.1, 0.15) is 0 Å². The molecule has 0 aromatic carbocycles. The van der Waals surface area contributed by atoms with Crippen molar-refractivity contribution in [2.24, 2.45) is 22.8 Å². The molecule has 5 nitrogen and oxygen atoms in total. The third kappa shape index (κ3) is 5.89. The smallest absolute Gasteiger partial charge is 0.237 e. The number of rotatable bonds is 6. The summed E-state index contributed by atoms with van der Waals surface area (Å²) in [4.78, 5) is 22.7. The average molecular weight is 266 g/mol. The minimum atomic E-state index is -0.745. The molecule has 2 amide bonds. The molecule has 0 aliphatic heterocycles. The van der Waals surface area contributed by atoms with Crippen molar-refractivity contribution in [3.63, 3.8) is 0 Å². The second-order valence-corrected chi connectivity index (χ2v) is 4.88. The van der Waals surface area contributed by atoms with E-state index < -0.39 is 17.4 Å². The van der Waals surface area contributed by atoms with Gasteiger partial charge in [-0.25, -0.2) is 0 Å². The SMILES string of the molecule is CCC(C)C(N)C(=O)NCC(C)(C)C(N)=O.Cl. The Labute approximate surface area is 109 Å². The zero-order valence-electron chi connectivity index (χ0n) is 10.9. The molecule has 102 valence electrons. The highest BCUT2D eigenvalue weighted by molar-refractivity contribution is 5.85. The van der Waals surface area contributed by atoms with E-state index in [1.165, 1.54) is 0 Å². The number of amides is 2. The van der Waals surface area contributed by atoms with Gasteiger partial charge in [-0.1, -0.05) is 20.3 Å². The maximum absolute atomic E-state index is 11.6. The minimum absolute atomic E-state index is 0. The van der Waals surface area contributed by atoms with Crippen molar-refractivity contribution in [2.75, 3.05) is 6.54 Å². The maximum atomic E-state index is 11.6. The fraction of sp³-hybridized carbons (Fsp3) is 0.818. The summed E-state index contributed by atoms with van der Waals surface area (Å²) in [5, 5.41) is 2.65. The topological polar surface area (TPSA) is 98.2 Å². The van der Waals surface area contributed by atoms with Gasteiger partial charge in [0.2, 0.25) is 11.8 Å². The van der Waals surface area contributed by atoms with Gasteiger partial charge in [0.15, 0.2) is 0 Å². The molecule has 0 spiro atoms. The fourth-order valence-electron chi connectivity index (χ4n) is 1.03. The first-order valence-corrected chi connectivity index (χ1v) is 5.55. The van der Waals surface area contributed by atoms with Crippen molar-refractivity contribution in [1.82, 2.24) is 5.32 Å². The first-order chi connectivity index (χ1) is 7.22. The number of hydrogen-bond acceptors (Lipinski definition) is 3. The number of carbonyl (C=O) groups excluding carboxylic acids is 2. The summed E-state index contributed by atoms with van der Waals surface area (Å²) >= 11 is 0. The summed E-state index contributed by atoms with van der Waals surface area (Å²) < 4.78 is 0.